The normalized spacial score (nSPS) is 10.5. The van der Waals surface area contributed by atoms with Crippen LogP contribution in [0.15, 0.2) is 42.5 Å². The van der Waals surface area contributed by atoms with Gasteiger partial charge in [-0.1, -0.05) is 44.9 Å². The highest BCUT2D eigenvalue weighted by Crippen LogP contribution is 2.14. The molecule has 0 amide bonds. The lowest BCUT2D eigenvalue weighted by molar-refractivity contribution is -0.137. The van der Waals surface area contributed by atoms with Gasteiger partial charge in [-0.3, -0.25) is 0 Å². The van der Waals surface area contributed by atoms with Gasteiger partial charge in [-0.15, -0.1) is 0 Å². The highest BCUT2D eigenvalue weighted by atomic mass is 16.5. The summed E-state index contributed by atoms with van der Waals surface area (Å²) in [4.78, 5) is 22.9. The third-order valence-electron chi connectivity index (χ3n) is 3.09. The van der Waals surface area contributed by atoms with Gasteiger partial charge in [-0.25, -0.2) is 9.59 Å². The van der Waals surface area contributed by atoms with E-state index in [0.717, 1.165) is 31.2 Å². The topological polar surface area (TPSA) is 52.6 Å². The number of hydrogen-bond donors (Lipinski definition) is 0. The fourth-order valence-electron chi connectivity index (χ4n) is 1.76. The molecule has 1 aromatic rings. The molecule has 1 rings (SSSR count). The first kappa shape index (κ1) is 18.7. The maximum Gasteiger partial charge on any atom is 0.338 e. The van der Waals surface area contributed by atoms with Gasteiger partial charge in [-0.05, 0) is 37.1 Å². The van der Waals surface area contributed by atoms with Crippen molar-refractivity contribution in [2.75, 3.05) is 6.61 Å². The van der Waals surface area contributed by atoms with Crippen LogP contribution in [0.4, 0.5) is 0 Å². The van der Waals surface area contributed by atoms with Crippen molar-refractivity contribution in [2.24, 2.45) is 0 Å². The second kappa shape index (κ2) is 10.4. The highest BCUT2D eigenvalue weighted by molar-refractivity contribution is 5.89. The Kier molecular flexibility index (Phi) is 8.43. The molecule has 4 heteroatoms. The second-order valence-electron chi connectivity index (χ2n) is 5.30. The van der Waals surface area contributed by atoms with Gasteiger partial charge in [-0.2, -0.15) is 0 Å². The maximum atomic E-state index is 11.5. The van der Waals surface area contributed by atoms with Crippen LogP contribution in [0.3, 0.4) is 0 Å². The van der Waals surface area contributed by atoms with E-state index in [9.17, 15) is 9.59 Å². The van der Waals surface area contributed by atoms with E-state index in [2.05, 4.69) is 13.5 Å². The van der Waals surface area contributed by atoms with E-state index in [1.54, 1.807) is 37.3 Å². The molecule has 0 fully saturated rings. The van der Waals surface area contributed by atoms with Gasteiger partial charge < -0.3 is 9.47 Å². The van der Waals surface area contributed by atoms with E-state index < -0.39 is 5.97 Å². The molecule has 0 heterocycles. The zero-order valence-electron chi connectivity index (χ0n) is 13.8. The predicted molar refractivity (Wildman–Crippen MR) is 91.0 cm³/mol. The van der Waals surface area contributed by atoms with Crippen molar-refractivity contribution in [1.82, 2.24) is 0 Å². The molecule has 0 unspecified atom stereocenters. The molecule has 0 spiro atoms. The van der Waals surface area contributed by atoms with Gasteiger partial charge in [0.05, 0.1) is 6.61 Å². The Bertz CT molecular complexity index is 555. The van der Waals surface area contributed by atoms with Crippen molar-refractivity contribution in [2.45, 2.75) is 39.5 Å². The van der Waals surface area contributed by atoms with Crippen LogP contribution in [0.5, 0.6) is 5.75 Å². The van der Waals surface area contributed by atoms with Gasteiger partial charge in [0.15, 0.2) is 0 Å². The van der Waals surface area contributed by atoms with Gasteiger partial charge in [0.1, 0.15) is 5.75 Å². The summed E-state index contributed by atoms with van der Waals surface area (Å²) >= 11 is 0. The zero-order chi connectivity index (χ0) is 17.1. The molecule has 0 aromatic heterocycles. The van der Waals surface area contributed by atoms with Gasteiger partial charge in [0, 0.05) is 11.6 Å². The number of ether oxygens (including phenoxy) is 2. The van der Waals surface area contributed by atoms with Crippen molar-refractivity contribution in [3.05, 3.63) is 48.1 Å². The molecule has 0 atom stereocenters. The van der Waals surface area contributed by atoms with Gasteiger partial charge in [0.2, 0.25) is 0 Å². The van der Waals surface area contributed by atoms with Gasteiger partial charge in [0.25, 0.3) is 0 Å². The second-order valence-corrected chi connectivity index (χ2v) is 5.30. The largest absolute Gasteiger partial charge is 0.463 e. The van der Waals surface area contributed by atoms with Crippen LogP contribution in [-0.4, -0.2) is 18.5 Å². The van der Waals surface area contributed by atoms with Crippen molar-refractivity contribution in [3.63, 3.8) is 0 Å². The molecular weight excluding hydrogens is 292 g/mol. The summed E-state index contributed by atoms with van der Waals surface area (Å²) in [5, 5.41) is 0. The monoisotopic (exact) mass is 316 g/mol. The lowest BCUT2D eigenvalue weighted by Crippen LogP contribution is -2.07. The molecule has 23 heavy (non-hydrogen) atoms. The Labute approximate surface area is 137 Å². The first-order valence-electron chi connectivity index (χ1n) is 7.85. The third-order valence-corrected chi connectivity index (χ3v) is 3.09. The minimum Gasteiger partial charge on any atom is -0.463 e. The van der Waals surface area contributed by atoms with Crippen molar-refractivity contribution < 1.29 is 19.1 Å². The fraction of sp³-hybridized carbons (Fsp3) is 0.368. The van der Waals surface area contributed by atoms with E-state index in [1.165, 1.54) is 6.08 Å². The SMILES string of the molecule is C=C(C)C(=O)Oc1ccc(C=CC(=O)OCCCCCC)cc1. The summed E-state index contributed by atoms with van der Waals surface area (Å²) in [5.74, 6) is -0.368. The zero-order valence-corrected chi connectivity index (χ0v) is 13.8. The summed E-state index contributed by atoms with van der Waals surface area (Å²) in [6.07, 6.45) is 7.36. The van der Waals surface area contributed by atoms with E-state index in [0.29, 0.717) is 17.9 Å². The van der Waals surface area contributed by atoms with Crippen molar-refractivity contribution in [1.29, 1.82) is 0 Å². The third kappa shape index (κ3) is 8.00. The number of esters is 2. The summed E-state index contributed by atoms with van der Waals surface area (Å²) in [6.45, 7) is 7.71. The average molecular weight is 316 g/mol. The maximum absolute atomic E-state index is 11.5. The van der Waals surface area contributed by atoms with Crippen LogP contribution in [-0.2, 0) is 14.3 Å². The molecule has 1 aromatic carbocycles. The molecule has 4 nitrogen and oxygen atoms in total. The number of benzene rings is 1. The van der Waals surface area contributed by atoms with Gasteiger partial charge >= 0.3 is 11.9 Å². The summed E-state index contributed by atoms with van der Waals surface area (Å²) in [7, 11) is 0. The fourth-order valence-corrected chi connectivity index (χ4v) is 1.76. The summed E-state index contributed by atoms with van der Waals surface area (Å²) in [5.41, 5.74) is 1.17. The Morgan fingerprint density at radius 3 is 2.43 bits per heavy atom. The van der Waals surface area contributed by atoms with Crippen LogP contribution in [0.25, 0.3) is 6.08 Å². The molecule has 0 aliphatic rings. The van der Waals surface area contributed by atoms with E-state index in [-0.39, 0.29) is 5.97 Å². The number of hydrogen-bond acceptors (Lipinski definition) is 4. The first-order valence-corrected chi connectivity index (χ1v) is 7.85. The minimum absolute atomic E-state index is 0.343. The molecule has 0 saturated heterocycles. The highest BCUT2D eigenvalue weighted by Gasteiger charge is 2.04. The summed E-state index contributed by atoms with van der Waals surface area (Å²) in [6, 6.07) is 6.84. The quantitative estimate of drug-likeness (QED) is 0.295. The standard InChI is InChI=1S/C19H24O4/c1-4-5-6-7-14-22-18(20)13-10-16-8-11-17(12-9-16)23-19(21)15(2)3/h8-13H,2,4-7,14H2,1,3H3. The minimum atomic E-state index is -0.458. The van der Waals surface area contributed by atoms with Crippen molar-refractivity contribution in [3.8, 4) is 5.75 Å². The van der Waals surface area contributed by atoms with E-state index >= 15 is 0 Å². The first-order chi connectivity index (χ1) is 11.0. The molecule has 0 aliphatic heterocycles. The number of carbonyl (C=O) groups excluding carboxylic acids is 2. The molecule has 0 N–H and O–H groups in total. The van der Waals surface area contributed by atoms with Crippen LogP contribution in [0.1, 0.15) is 45.1 Å². The van der Waals surface area contributed by atoms with Crippen LogP contribution >= 0.6 is 0 Å². The smallest absolute Gasteiger partial charge is 0.338 e. The number of carbonyl (C=O) groups is 2. The van der Waals surface area contributed by atoms with E-state index in [1.807, 2.05) is 0 Å². The lowest BCUT2D eigenvalue weighted by Gasteiger charge is -2.04. The van der Waals surface area contributed by atoms with Crippen LogP contribution in [0, 0.1) is 0 Å². The van der Waals surface area contributed by atoms with Crippen LogP contribution in [0.2, 0.25) is 0 Å². The lowest BCUT2D eigenvalue weighted by atomic mass is 10.2. The average Bonchev–Trinajstić information content (AvgIpc) is 2.54. The Hall–Kier alpha value is -2.36. The number of unbranched alkanes of at least 4 members (excludes halogenated alkanes) is 3. The Balaban J connectivity index is 2.40. The number of rotatable bonds is 9. The molecule has 0 saturated carbocycles. The van der Waals surface area contributed by atoms with E-state index in [4.69, 9.17) is 9.47 Å². The molecule has 0 aliphatic carbocycles. The molecular formula is C19H24O4. The van der Waals surface area contributed by atoms with Crippen molar-refractivity contribution >= 4 is 18.0 Å². The predicted octanol–water partition coefficient (Wildman–Crippen LogP) is 4.30. The molecule has 0 radical (unpaired) electrons. The molecule has 124 valence electrons. The van der Waals surface area contributed by atoms with Crippen LogP contribution < -0.4 is 4.74 Å². The Morgan fingerprint density at radius 1 is 1.13 bits per heavy atom. The summed E-state index contributed by atoms with van der Waals surface area (Å²) < 4.78 is 10.2. The molecule has 0 bridgehead atoms. The Morgan fingerprint density at radius 2 is 1.83 bits per heavy atom.